The first-order chi connectivity index (χ1) is 7.34. The van der Waals surface area contributed by atoms with Crippen LogP contribution in [0, 0.1) is 0 Å². The Hall–Kier alpha value is 0.0400. The minimum absolute atomic E-state index is 0.602. The number of thioether (sulfide) groups is 1. The van der Waals surface area contributed by atoms with E-state index in [1.54, 1.807) is 0 Å². The van der Waals surface area contributed by atoms with Crippen molar-refractivity contribution >= 4 is 29.1 Å². The second-order valence-electron chi connectivity index (χ2n) is 4.51. The van der Waals surface area contributed by atoms with Crippen molar-refractivity contribution in [2.24, 2.45) is 0 Å². The molecule has 0 spiro atoms. The Bertz CT molecular complexity index is 209. The minimum Gasteiger partial charge on any atom is -0.360 e. The minimum atomic E-state index is 0.602. The van der Waals surface area contributed by atoms with Gasteiger partial charge in [-0.3, -0.25) is 0 Å². The molecule has 0 aromatic rings. The van der Waals surface area contributed by atoms with Gasteiger partial charge in [0.25, 0.3) is 0 Å². The molecule has 0 aromatic carbocycles. The molecule has 2 fully saturated rings. The van der Waals surface area contributed by atoms with Crippen LogP contribution in [0.4, 0.5) is 0 Å². The molecule has 1 aliphatic carbocycles. The Labute approximate surface area is 102 Å². The first-order valence-corrected chi connectivity index (χ1v) is 7.55. The van der Waals surface area contributed by atoms with Gasteiger partial charge in [0, 0.05) is 17.8 Å². The zero-order chi connectivity index (χ0) is 10.5. The van der Waals surface area contributed by atoms with E-state index < -0.39 is 0 Å². The number of nitrogens with one attached hydrogen (secondary N) is 2. The summed E-state index contributed by atoms with van der Waals surface area (Å²) >= 11 is 7.38. The number of rotatable bonds is 2. The van der Waals surface area contributed by atoms with E-state index in [2.05, 4.69) is 10.6 Å². The molecule has 2 aliphatic rings. The molecular weight excluding hydrogens is 224 g/mol. The molecule has 86 valence electrons. The number of thiocarbonyl (C=S) groups is 1. The molecule has 2 N–H and O–H groups in total. The molecule has 1 unspecified atom stereocenters. The van der Waals surface area contributed by atoms with Crippen LogP contribution in [-0.4, -0.2) is 28.7 Å². The molecule has 2 rings (SSSR count). The van der Waals surface area contributed by atoms with Gasteiger partial charge < -0.3 is 10.6 Å². The molecule has 1 atom stereocenters. The number of hydrogen-bond acceptors (Lipinski definition) is 2. The van der Waals surface area contributed by atoms with Gasteiger partial charge in [0.05, 0.1) is 0 Å². The summed E-state index contributed by atoms with van der Waals surface area (Å²) in [6, 6.07) is 1.24. The summed E-state index contributed by atoms with van der Waals surface area (Å²) in [4.78, 5) is 0. The van der Waals surface area contributed by atoms with Crippen LogP contribution in [0.5, 0.6) is 0 Å². The van der Waals surface area contributed by atoms with E-state index >= 15 is 0 Å². The van der Waals surface area contributed by atoms with Crippen molar-refractivity contribution in [1.29, 1.82) is 0 Å². The lowest BCUT2D eigenvalue weighted by atomic mass is 10.2. The third-order valence-electron chi connectivity index (χ3n) is 3.19. The van der Waals surface area contributed by atoms with Crippen molar-refractivity contribution in [1.82, 2.24) is 10.6 Å². The maximum Gasteiger partial charge on any atom is 0.166 e. The van der Waals surface area contributed by atoms with Gasteiger partial charge in [-0.15, -0.1) is 0 Å². The topological polar surface area (TPSA) is 24.1 Å². The molecule has 1 aliphatic heterocycles. The molecule has 1 heterocycles. The highest BCUT2D eigenvalue weighted by Crippen LogP contribution is 2.18. The van der Waals surface area contributed by atoms with Gasteiger partial charge in [0.1, 0.15) is 0 Å². The predicted octanol–water partition coefficient (Wildman–Crippen LogP) is 2.29. The van der Waals surface area contributed by atoms with E-state index in [4.69, 9.17) is 12.2 Å². The van der Waals surface area contributed by atoms with Crippen molar-refractivity contribution in [2.75, 3.05) is 11.5 Å². The molecular formula is C11H20N2S2. The van der Waals surface area contributed by atoms with Gasteiger partial charge in [-0.1, -0.05) is 12.8 Å². The SMILES string of the molecule is S=C(NC1CCCC1)NC1CCCSC1. The van der Waals surface area contributed by atoms with Crippen molar-refractivity contribution < 1.29 is 0 Å². The predicted molar refractivity (Wildman–Crippen MR) is 71.5 cm³/mol. The average Bonchev–Trinajstić information content (AvgIpc) is 2.71. The second-order valence-corrected chi connectivity index (χ2v) is 6.07. The first-order valence-electron chi connectivity index (χ1n) is 5.99. The Kier molecular flexibility index (Phi) is 4.57. The summed E-state index contributed by atoms with van der Waals surface area (Å²) in [5, 5.41) is 7.77. The lowest BCUT2D eigenvalue weighted by molar-refractivity contribution is 0.566. The van der Waals surface area contributed by atoms with E-state index in [9.17, 15) is 0 Å². The third-order valence-corrected chi connectivity index (χ3v) is 4.64. The van der Waals surface area contributed by atoms with Gasteiger partial charge >= 0.3 is 0 Å². The van der Waals surface area contributed by atoms with E-state index in [1.165, 1.54) is 50.0 Å². The van der Waals surface area contributed by atoms with Gasteiger partial charge in [-0.25, -0.2) is 0 Å². The lowest BCUT2D eigenvalue weighted by Gasteiger charge is -2.25. The third kappa shape index (κ3) is 3.83. The largest absolute Gasteiger partial charge is 0.360 e. The highest BCUT2D eigenvalue weighted by molar-refractivity contribution is 7.99. The standard InChI is InChI=1S/C11H20N2S2/c14-11(12-9-4-1-2-5-9)13-10-6-3-7-15-8-10/h9-10H,1-8H2,(H2,12,13,14). The highest BCUT2D eigenvalue weighted by atomic mass is 32.2. The Balaban J connectivity index is 1.66. The normalized spacial score (nSPS) is 27.6. The van der Waals surface area contributed by atoms with Crippen molar-refractivity contribution in [3.8, 4) is 0 Å². The first kappa shape index (κ1) is 11.5. The monoisotopic (exact) mass is 244 g/mol. The van der Waals surface area contributed by atoms with E-state index in [-0.39, 0.29) is 0 Å². The molecule has 1 saturated carbocycles. The molecule has 15 heavy (non-hydrogen) atoms. The van der Waals surface area contributed by atoms with Crippen molar-refractivity contribution in [2.45, 2.75) is 50.6 Å². The van der Waals surface area contributed by atoms with Crippen LogP contribution >= 0.6 is 24.0 Å². The zero-order valence-electron chi connectivity index (χ0n) is 9.13. The highest BCUT2D eigenvalue weighted by Gasteiger charge is 2.18. The lowest BCUT2D eigenvalue weighted by Crippen LogP contribution is -2.46. The Morgan fingerprint density at radius 3 is 2.33 bits per heavy atom. The van der Waals surface area contributed by atoms with Crippen LogP contribution in [0.25, 0.3) is 0 Å². The van der Waals surface area contributed by atoms with Gasteiger partial charge in [0.15, 0.2) is 5.11 Å². The molecule has 0 radical (unpaired) electrons. The molecule has 0 amide bonds. The fourth-order valence-electron chi connectivity index (χ4n) is 2.34. The average molecular weight is 244 g/mol. The summed E-state index contributed by atoms with van der Waals surface area (Å²) < 4.78 is 0. The zero-order valence-corrected chi connectivity index (χ0v) is 10.8. The van der Waals surface area contributed by atoms with E-state index in [0.717, 1.165) is 5.11 Å². The molecule has 2 nitrogen and oxygen atoms in total. The van der Waals surface area contributed by atoms with Crippen LogP contribution in [0.3, 0.4) is 0 Å². The fourth-order valence-corrected chi connectivity index (χ4v) is 3.74. The Morgan fingerprint density at radius 1 is 1.00 bits per heavy atom. The number of hydrogen-bond donors (Lipinski definition) is 2. The van der Waals surface area contributed by atoms with Gasteiger partial charge in [0.2, 0.25) is 0 Å². The summed E-state index contributed by atoms with van der Waals surface area (Å²) in [6.45, 7) is 0. The summed E-state index contributed by atoms with van der Waals surface area (Å²) in [6.07, 6.45) is 7.91. The van der Waals surface area contributed by atoms with Crippen LogP contribution in [0.2, 0.25) is 0 Å². The maximum absolute atomic E-state index is 5.34. The van der Waals surface area contributed by atoms with Crippen LogP contribution in [0.1, 0.15) is 38.5 Å². The van der Waals surface area contributed by atoms with Crippen LogP contribution < -0.4 is 10.6 Å². The molecule has 0 bridgehead atoms. The van der Waals surface area contributed by atoms with Crippen molar-refractivity contribution in [3.05, 3.63) is 0 Å². The van der Waals surface area contributed by atoms with Crippen LogP contribution in [-0.2, 0) is 0 Å². The Morgan fingerprint density at radius 2 is 1.67 bits per heavy atom. The molecule has 1 saturated heterocycles. The summed E-state index contributed by atoms with van der Waals surface area (Å²) in [5.41, 5.74) is 0. The second kappa shape index (κ2) is 5.94. The quantitative estimate of drug-likeness (QED) is 0.728. The smallest absolute Gasteiger partial charge is 0.166 e. The summed E-state index contributed by atoms with van der Waals surface area (Å²) in [5.74, 6) is 2.54. The van der Waals surface area contributed by atoms with Gasteiger partial charge in [-0.2, -0.15) is 11.8 Å². The van der Waals surface area contributed by atoms with Crippen molar-refractivity contribution in [3.63, 3.8) is 0 Å². The fraction of sp³-hybridized carbons (Fsp3) is 0.909. The maximum atomic E-state index is 5.34. The molecule has 4 heteroatoms. The van der Waals surface area contributed by atoms with E-state index in [0.29, 0.717) is 12.1 Å². The molecule has 0 aromatic heterocycles. The summed E-state index contributed by atoms with van der Waals surface area (Å²) in [7, 11) is 0. The van der Waals surface area contributed by atoms with E-state index in [1.807, 2.05) is 11.8 Å². The van der Waals surface area contributed by atoms with Crippen LogP contribution in [0.15, 0.2) is 0 Å². The van der Waals surface area contributed by atoms with Gasteiger partial charge in [-0.05, 0) is 43.7 Å².